The average Bonchev–Trinajstić information content (AvgIpc) is 2.66. The molecular formula is C23H30FNO2S. The Bertz CT molecular complexity index is 756. The van der Waals surface area contributed by atoms with Gasteiger partial charge in [0.15, 0.2) is 6.10 Å². The smallest absolute Gasteiger partial charge is 0.261 e. The van der Waals surface area contributed by atoms with Gasteiger partial charge in [0.05, 0.1) is 0 Å². The van der Waals surface area contributed by atoms with Crippen molar-refractivity contribution in [1.82, 2.24) is 5.32 Å². The third kappa shape index (κ3) is 6.86. The van der Waals surface area contributed by atoms with Crippen LogP contribution in [-0.4, -0.2) is 24.3 Å². The van der Waals surface area contributed by atoms with E-state index in [0.717, 1.165) is 5.75 Å². The Morgan fingerprint density at radius 2 is 1.82 bits per heavy atom. The summed E-state index contributed by atoms with van der Waals surface area (Å²) in [5.41, 5.74) is 2.00. The molecule has 1 amide bonds. The summed E-state index contributed by atoms with van der Waals surface area (Å²) in [6, 6.07) is 14.7. The lowest BCUT2D eigenvalue weighted by atomic mass is 9.87. The molecule has 2 rings (SSSR count). The molecule has 1 unspecified atom stereocenters. The molecule has 152 valence electrons. The first-order valence-electron chi connectivity index (χ1n) is 9.67. The second-order valence-corrected chi connectivity index (χ2v) is 8.83. The van der Waals surface area contributed by atoms with E-state index in [1.807, 2.05) is 37.3 Å². The van der Waals surface area contributed by atoms with Crippen molar-refractivity contribution in [1.29, 1.82) is 0 Å². The summed E-state index contributed by atoms with van der Waals surface area (Å²) >= 11 is 1.59. The maximum absolute atomic E-state index is 13.6. The third-order valence-corrected chi connectivity index (χ3v) is 5.43. The van der Waals surface area contributed by atoms with Crippen LogP contribution in [0, 0.1) is 5.82 Å². The maximum atomic E-state index is 13.6. The standard InChI is InChI=1S/C23H30FNO2S/c1-5-21(27-19-12-10-18(11-13-19)23(2,3)4)22(26)25-14-15-28-16-17-8-6-7-9-20(17)24/h6-13,21H,5,14-16H2,1-4H3,(H,25,26). The molecule has 5 heteroatoms. The number of carbonyl (C=O) groups excluding carboxylic acids is 1. The molecule has 1 N–H and O–H groups in total. The van der Waals surface area contributed by atoms with Gasteiger partial charge in [0, 0.05) is 18.1 Å². The zero-order valence-corrected chi connectivity index (χ0v) is 17.9. The first-order chi connectivity index (χ1) is 13.3. The van der Waals surface area contributed by atoms with E-state index in [1.165, 1.54) is 11.6 Å². The van der Waals surface area contributed by atoms with Crippen molar-refractivity contribution in [3.8, 4) is 5.75 Å². The van der Waals surface area contributed by atoms with Crippen LogP contribution in [0.4, 0.5) is 4.39 Å². The van der Waals surface area contributed by atoms with E-state index in [1.54, 1.807) is 23.9 Å². The Morgan fingerprint density at radius 3 is 2.43 bits per heavy atom. The van der Waals surface area contributed by atoms with Gasteiger partial charge in [-0.2, -0.15) is 11.8 Å². The fraction of sp³-hybridized carbons (Fsp3) is 0.435. The number of rotatable bonds is 9. The highest BCUT2D eigenvalue weighted by Gasteiger charge is 2.19. The first-order valence-corrected chi connectivity index (χ1v) is 10.8. The molecule has 2 aromatic rings. The van der Waals surface area contributed by atoms with Gasteiger partial charge < -0.3 is 10.1 Å². The van der Waals surface area contributed by atoms with Crippen molar-refractivity contribution in [2.24, 2.45) is 0 Å². The number of carbonyl (C=O) groups is 1. The van der Waals surface area contributed by atoms with Crippen LogP contribution in [0.3, 0.4) is 0 Å². The van der Waals surface area contributed by atoms with Crippen molar-refractivity contribution in [3.05, 3.63) is 65.5 Å². The average molecular weight is 404 g/mol. The van der Waals surface area contributed by atoms with Crippen LogP contribution in [-0.2, 0) is 16.0 Å². The van der Waals surface area contributed by atoms with Gasteiger partial charge in [0.2, 0.25) is 0 Å². The Balaban J connectivity index is 1.76. The summed E-state index contributed by atoms with van der Waals surface area (Å²) in [7, 11) is 0. The molecular weight excluding hydrogens is 373 g/mol. The Labute approximate surface area is 172 Å². The van der Waals surface area contributed by atoms with Crippen LogP contribution in [0.2, 0.25) is 0 Å². The molecule has 0 aromatic heterocycles. The van der Waals surface area contributed by atoms with Crippen LogP contribution in [0.15, 0.2) is 48.5 Å². The lowest BCUT2D eigenvalue weighted by Gasteiger charge is -2.21. The van der Waals surface area contributed by atoms with Crippen molar-refractivity contribution in [2.75, 3.05) is 12.3 Å². The quantitative estimate of drug-likeness (QED) is 0.575. The topological polar surface area (TPSA) is 38.3 Å². The van der Waals surface area contributed by atoms with Gasteiger partial charge in [-0.05, 0) is 41.2 Å². The predicted molar refractivity (Wildman–Crippen MR) is 115 cm³/mol. The number of nitrogens with one attached hydrogen (secondary N) is 1. The summed E-state index contributed by atoms with van der Waals surface area (Å²) in [6.45, 7) is 8.95. The second kappa shape index (κ2) is 10.5. The van der Waals surface area contributed by atoms with Gasteiger partial charge in [-0.1, -0.05) is 58.0 Å². The van der Waals surface area contributed by atoms with E-state index >= 15 is 0 Å². The van der Waals surface area contributed by atoms with Crippen LogP contribution in [0.1, 0.15) is 45.2 Å². The highest BCUT2D eigenvalue weighted by atomic mass is 32.2. The number of amides is 1. The SMILES string of the molecule is CCC(Oc1ccc(C(C)(C)C)cc1)C(=O)NCCSCc1ccccc1F. The van der Waals surface area contributed by atoms with Gasteiger partial charge in [-0.15, -0.1) is 0 Å². The maximum Gasteiger partial charge on any atom is 0.261 e. The highest BCUT2D eigenvalue weighted by molar-refractivity contribution is 7.98. The summed E-state index contributed by atoms with van der Waals surface area (Å²) < 4.78 is 19.4. The van der Waals surface area contributed by atoms with Crippen molar-refractivity contribution in [3.63, 3.8) is 0 Å². The summed E-state index contributed by atoms with van der Waals surface area (Å²) in [6.07, 6.45) is 0.0759. The van der Waals surface area contributed by atoms with Gasteiger partial charge in [0.25, 0.3) is 5.91 Å². The van der Waals surface area contributed by atoms with Crippen LogP contribution >= 0.6 is 11.8 Å². The Morgan fingerprint density at radius 1 is 1.14 bits per heavy atom. The molecule has 0 bridgehead atoms. The molecule has 3 nitrogen and oxygen atoms in total. The van der Waals surface area contributed by atoms with Gasteiger partial charge in [0.1, 0.15) is 11.6 Å². The van der Waals surface area contributed by atoms with E-state index < -0.39 is 6.10 Å². The molecule has 0 saturated carbocycles. The normalized spacial score (nSPS) is 12.5. The molecule has 0 fully saturated rings. The van der Waals surface area contributed by atoms with E-state index in [4.69, 9.17) is 4.74 Å². The largest absolute Gasteiger partial charge is 0.481 e. The zero-order valence-electron chi connectivity index (χ0n) is 17.1. The number of benzene rings is 2. The van der Waals surface area contributed by atoms with Crippen LogP contribution in [0.25, 0.3) is 0 Å². The van der Waals surface area contributed by atoms with Crippen molar-refractivity contribution >= 4 is 17.7 Å². The van der Waals surface area contributed by atoms with E-state index in [9.17, 15) is 9.18 Å². The first kappa shape index (κ1) is 22.3. The summed E-state index contributed by atoms with van der Waals surface area (Å²) in [4.78, 5) is 12.4. The third-order valence-electron chi connectivity index (χ3n) is 4.42. The van der Waals surface area contributed by atoms with E-state index in [2.05, 4.69) is 26.1 Å². The van der Waals surface area contributed by atoms with Crippen molar-refractivity contribution in [2.45, 2.75) is 51.4 Å². The lowest BCUT2D eigenvalue weighted by molar-refractivity contribution is -0.127. The summed E-state index contributed by atoms with van der Waals surface area (Å²) in [5.74, 6) is 1.71. The van der Waals surface area contributed by atoms with E-state index in [-0.39, 0.29) is 17.1 Å². The molecule has 28 heavy (non-hydrogen) atoms. The van der Waals surface area contributed by atoms with E-state index in [0.29, 0.717) is 30.0 Å². The van der Waals surface area contributed by atoms with Crippen LogP contribution < -0.4 is 10.1 Å². The molecule has 0 aliphatic heterocycles. The van der Waals surface area contributed by atoms with Gasteiger partial charge in [-0.25, -0.2) is 4.39 Å². The fourth-order valence-corrected chi connectivity index (χ4v) is 3.52. The number of hydrogen-bond donors (Lipinski definition) is 1. The molecule has 0 aliphatic carbocycles. The molecule has 1 atom stereocenters. The molecule has 0 aliphatic rings. The molecule has 2 aromatic carbocycles. The lowest BCUT2D eigenvalue weighted by Crippen LogP contribution is -2.39. The zero-order chi connectivity index (χ0) is 20.6. The molecule has 0 heterocycles. The minimum Gasteiger partial charge on any atom is -0.481 e. The summed E-state index contributed by atoms with van der Waals surface area (Å²) in [5, 5.41) is 2.91. The van der Waals surface area contributed by atoms with Crippen molar-refractivity contribution < 1.29 is 13.9 Å². The monoisotopic (exact) mass is 403 g/mol. The highest BCUT2D eigenvalue weighted by Crippen LogP contribution is 2.25. The molecule has 0 radical (unpaired) electrons. The predicted octanol–water partition coefficient (Wildman–Crippen LogP) is 5.33. The minimum absolute atomic E-state index is 0.0837. The Kier molecular flexibility index (Phi) is 8.36. The number of ether oxygens (including phenoxy) is 1. The Hall–Kier alpha value is -2.01. The minimum atomic E-state index is -0.517. The van der Waals surface area contributed by atoms with Gasteiger partial charge >= 0.3 is 0 Å². The fourth-order valence-electron chi connectivity index (χ4n) is 2.68. The molecule has 0 spiro atoms. The van der Waals surface area contributed by atoms with Gasteiger partial charge in [-0.3, -0.25) is 4.79 Å². The number of thioether (sulfide) groups is 1. The number of halogens is 1. The van der Waals surface area contributed by atoms with Crippen LogP contribution in [0.5, 0.6) is 5.75 Å². The molecule has 0 saturated heterocycles. The number of hydrogen-bond acceptors (Lipinski definition) is 3. The second-order valence-electron chi connectivity index (χ2n) is 7.72.